The minimum Gasteiger partial charge on any atom is -0.352 e. The van der Waals surface area contributed by atoms with Gasteiger partial charge in [0.1, 0.15) is 12.6 Å². The normalized spacial score (nSPS) is 26.8. The van der Waals surface area contributed by atoms with E-state index in [1.807, 2.05) is 50.2 Å². The molecule has 0 aromatic heterocycles. The van der Waals surface area contributed by atoms with Crippen LogP contribution in [0, 0.1) is 24.7 Å². The number of hydrogen-bond acceptors (Lipinski definition) is 4. The Hall–Kier alpha value is -2.87. The highest BCUT2D eigenvalue weighted by atomic mass is 32.2. The molecule has 8 heteroatoms. The number of amides is 2. The number of hydrogen-bond donors (Lipinski definition) is 1. The molecule has 44 heavy (non-hydrogen) atoms. The highest BCUT2D eigenvalue weighted by Gasteiger charge is 2.51. The monoisotopic (exact) mass is 619 g/mol. The van der Waals surface area contributed by atoms with Crippen LogP contribution < -0.4 is 9.62 Å². The molecule has 5 aliphatic carbocycles. The lowest BCUT2D eigenvalue weighted by atomic mass is 9.48. The van der Waals surface area contributed by atoms with Gasteiger partial charge in [-0.15, -0.1) is 0 Å². The van der Waals surface area contributed by atoms with Gasteiger partial charge < -0.3 is 10.2 Å². The molecule has 0 heterocycles. The van der Waals surface area contributed by atoms with Gasteiger partial charge in [0, 0.05) is 12.6 Å². The topological polar surface area (TPSA) is 86.8 Å². The van der Waals surface area contributed by atoms with Gasteiger partial charge >= 0.3 is 0 Å². The first-order valence-electron chi connectivity index (χ1n) is 16.8. The maximum atomic E-state index is 14.2. The van der Waals surface area contributed by atoms with Crippen LogP contribution in [0.4, 0.5) is 5.69 Å². The van der Waals surface area contributed by atoms with E-state index in [-0.39, 0.29) is 36.4 Å². The molecule has 5 aliphatic rings. The lowest BCUT2D eigenvalue weighted by Gasteiger charge is -2.57. The Labute approximate surface area is 263 Å². The lowest BCUT2D eigenvalue weighted by Crippen LogP contribution is -2.53. The molecule has 2 amide bonds. The summed E-state index contributed by atoms with van der Waals surface area (Å²) < 4.78 is 27.6. The zero-order valence-electron chi connectivity index (χ0n) is 26.6. The Kier molecular flexibility index (Phi) is 8.84. The maximum absolute atomic E-state index is 14.2. The van der Waals surface area contributed by atoms with Gasteiger partial charge in [-0.1, -0.05) is 56.2 Å². The average molecular weight is 620 g/mol. The predicted octanol–water partition coefficient (Wildman–Crippen LogP) is 6.10. The summed E-state index contributed by atoms with van der Waals surface area (Å²) in [7, 11) is -3.77. The Morgan fingerprint density at radius 1 is 0.932 bits per heavy atom. The highest BCUT2D eigenvalue weighted by Crippen LogP contribution is 2.60. The second-order valence-electron chi connectivity index (χ2n) is 14.4. The summed E-state index contributed by atoms with van der Waals surface area (Å²) in [6.45, 7) is 3.79. The number of nitrogens with one attached hydrogen (secondary N) is 1. The van der Waals surface area contributed by atoms with E-state index in [9.17, 15) is 18.0 Å². The zero-order valence-corrected chi connectivity index (χ0v) is 27.5. The number of anilines is 1. The Bertz CT molecular complexity index is 1430. The number of sulfonamides is 1. The number of rotatable bonds is 11. The third-order valence-electron chi connectivity index (χ3n) is 11.2. The van der Waals surface area contributed by atoms with E-state index < -0.39 is 16.1 Å². The number of nitrogens with zero attached hydrogens (tertiary/aromatic N) is 2. The molecule has 0 radical (unpaired) electrons. The van der Waals surface area contributed by atoms with Crippen LogP contribution in [0.3, 0.4) is 0 Å². The van der Waals surface area contributed by atoms with Crippen LogP contribution in [0.5, 0.6) is 0 Å². The van der Waals surface area contributed by atoms with Crippen molar-refractivity contribution in [1.29, 1.82) is 0 Å². The minimum absolute atomic E-state index is 0.131. The minimum atomic E-state index is -3.77. The number of carbonyl (C=O) groups is 2. The van der Waals surface area contributed by atoms with E-state index in [0.29, 0.717) is 12.1 Å². The van der Waals surface area contributed by atoms with Gasteiger partial charge in [0.15, 0.2) is 0 Å². The molecule has 2 aromatic rings. The molecule has 0 aliphatic heterocycles. The van der Waals surface area contributed by atoms with Crippen molar-refractivity contribution in [2.45, 2.75) is 109 Å². The van der Waals surface area contributed by atoms with Crippen LogP contribution in [0.1, 0.15) is 94.2 Å². The van der Waals surface area contributed by atoms with Crippen molar-refractivity contribution in [3.8, 4) is 0 Å². The fraction of sp³-hybridized carbons (Fsp3) is 0.611. The van der Waals surface area contributed by atoms with Crippen LogP contribution >= 0.6 is 0 Å². The summed E-state index contributed by atoms with van der Waals surface area (Å²) in [4.78, 5) is 29.3. The Balaban J connectivity index is 1.25. The molecule has 5 fully saturated rings. The fourth-order valence-electron chi connectivity index (χ4n) is 9.32. The third-order valence-corrected chi connectivity index (χ3v) is 12.3. The molecule has 0 spiro atoms. The predicted molar refractivity (Wildman–Crippen MR) is 175 cm³/mol. The molecule has 7 rings (SSSR count). The lowest BCUT2D eigenvalue weighted by molar-refractivity contribution is -0.140. The smallest absolute Gasteiger partial charge is 0.244 e. The van der Waals surface area contributed by atoms with Crippen molar-refractivity contribution in [1.82, 2.24) is 10.2 Å². The second-order valence-corrected chi connectivity index (χ2v) is 16.3. The van der Waals surface area contributed by atoms with Crippen LogP contribution in [-0.2, 0) is 31.6 Å². The van der Waals surface area contributed by atoms with E-state index in [1.165, 1.54) is 48.4 Å². The second kappa shape index (κ2) is 12.5. The summed E-state index contributed by atoms with van der Waals surface area (Å²) in [5, 5.41) is 3.18. The summed E-state index contributed by atoms with van der Waals surface area (Å²) in [5.41, 5.74) is 3.99. The summed E-state index contributed by atoms with van der Waals surface area (Å²) in [6.07, 6.45) is 13.5. The summed E-state index contributed by atoms with van der Waals surface area (Å²) in [5.74, 6) is 1.93. The van der Waals surface area contributed by atoms with Crippen molar-refractivity contribution in [2.24, 2.45) is 17.8 Å². The number of carbonyl (C=O) groups excluding carboxylic acids is 2. The number of aryl methyl sites for hydroxylation is 1. The molecule has 0 unspecified atom stereocenters. The molecule has 5 saturated carbocycles. The largest absolute Gasteiger partial charge is 0.352 e. The van der Waals surface area contributed by atoms with E-state index in [2.05, 4.69) is 17.4 Å². The van der Waals surface area contributed by atoms with Gasteiger partial charge in [-0.3, -0.25) is 13.9 Å². The van der Waals surface area contributed by atoms with Gasteiger partial charge in [0.2, 0.25) is 21.8 Å². The molecule has 1 atom stereocenters. The van der Waals surface area contributed by atoms with Crippen molar-refractivity contribution in [2.75, 3.05) is 17.1 Å². The van der Waals surface area contributed by atoms with Crippen molar-refractivity contribution in [3.05, 3.63) is 65.2 Å². The standard InChI is InChI=1S/C36H49N3O4S/c1-4-33(35(41)37-31-11-7-8-12-31)38(23-29-10-6-5-9-25(29)2)34(40)24-39(44(3,42)43)32-15-13-30(14-16-32)36-20-26-17-27(21-36)19-28(18-26)22-36/h5-6,9-10,13-16,26-28,31,33H,4,7-8,11-12,17-24H2,1-3H3,(H,37,41)/t26?,27?,28?,33-,36?/m0/s1. The van der Waals surface area contributed by atoms with E-state index in [4.69, 9.17) is 0 Å². The molecular formula is C36H49N3O4S. The average Bonchev–Trinajstić information content (AvgIpc) is 3.48. The van der Waals surface area contributed by atoms with Gasteiger partial charge in [-0.05, 0) is 117 Å². The molecule has 0 saturated heterocycles. The van der Waals surface area contributed by atoms with Crippen LogP contribution in [0.15, 0.2) is 48.5 Å². The van der Waals surface area contributed by atoms with Gasteiger partial charge in [-0.25, -0.2) is 8.42 Å². The van der Waals surface area contributed by atoms with Gasteiger partial charge in [0.25, 0.3) is 0 Å². The van der Waals surface area contributed by atoms with Crippen molar-refractivity contribution >= 4 is 27.5 Å². The fourth-order valence-corrected chi connectivity index (χ4v) is 10.2. The third kappa shape index (κ3) is 6.42. The molecule has 2 aromatic carbocycles. The van der Waals surface area contributed by atoms with E-state index in [0.717, 1.165) is 60.8 Å². The zero-order chi connectivity index (χ0) is 31.1. The Morgan fingerprint density at radius 3 is 2.07 bits per heavy atom. The SMILES string of the molecule is CC[C@@H](C(=O)NC1CCCC1)N(Cc1ccccc1C)C(=O)CN(c1ccc(C23CC4CC(CC(C4)C2)C3)cc1)S(C)(=O)=O. The highest BCUT2D eigenvalue weighted by molar-refractivity contribution is 7.92. The van der Waals surface area contributed by atoms with E-state index in [1.54, 1.807) is 4.90 Å². The van der Waals surface area contributed by atoms with Crippen LogP contribution in [0.2, 0.25) is 0 Å². The van der Waals surface area contributed by atoms with Gasteiger partial charge in [-0.2, -0.15) is 0 Å². The van der Waals surface area contributed by atoms with E-state index >= 15 is 0 Å². The molecule has 4 bridgehead atoms. The first-order chi connectivity index (χ1) is 21.0. The Morgan fingerprint density at radius 2 is 1.52 bits per heavy atom. The molecule has 7 nitrogen and oxygen atoms in total. The maximum Gasteiger partial charge on any atom is 0.244 e. The summed E-state index contributed by atoms with van der Waals surface area (Å²) in [6, 6.07) is 15.3. The van der Waals surface area contributed by atoms with Crippen molar-refractivity contribution < 1.29 is 18.0 Å². The first-order valence-corrected chi connectivity index (χ1v) is 18.6. The van der Waals surface area contributed by atoms with Gasteiger partial charge in [0.05, 0.1) is 11.9 Å². The molecule has 238 valence electrons. The summed E-state index contributed by atoms with van der Waals surface area (Å²) >= 11 is 0. The quantitative estimate of drug-likeness (QED) is 0.330. The number of benzene rings is 2. The molecular weight excluding hydrogens is 570 g/mol. The molecule has 1 N–H and O–H groups in total. The van der Waals surface area contributed by atoms with Crippen LogP contribution in [-0.4, -0.2) is 50.0 Å². The van der Waals surface area contributed by atoms with Crippen molar-refractivity contribution in [3.63, 3.8) is 0 Å². The van der Waals surface area contributed by atoms with Crippen LogP contribution in [0.25, 0.3) is 0 Å². The first kappa shape index (κ1) is 31.1.